The zero-order chi connectivity index (χ0) is 36.7. The SMILES string of the molecule is Cc1cc(CO)ccc1N(c1ccc(C=C(c2ccccc2)c2ccccc2)cc1)c1ccc(C=C(c2ccccc2)c2ccccc2)c2ccccc12. The summed E-state index contributed by atoms with van der Waals surface area (Å²) >= 11 is 0. The summed E-state index contributed by atoms with van der Waals surface area (Å²) in [5.41, 5.74) is 14.5. The van der Waals surface area contributed by atoms with E-state index in [4.69, 9.17) is 0 Å². The Bertz CT molecular complexity index is 2470. The molecule has 260 valence electrons. The highest BCUT2D eigenvalue weighted by Gasteiger charge is 2.19. The molecule has 0 unspecified atom stereocenters. The Morgan fingerprint density at radius 3 is 1.43 bits per heavy atom. The zero-order valence-corrected chi connectivity index (χ0v) is 30.3. The van der Waals surface area contributed by atoms with Crippen LogP contribution in [0.1, 0.15) is 44.5 Å². The van der Waals surface area contributed by atoms with Crippen molar-refractivity contribution in [1.29, 1.82) is 0 Å². The molecule has 0 amide bonds. The van der Waals surface area contributed by atoms with Crippen molar-refractivity contribution in [1.82, 2.24) is 0 Å². The van der Waals surface area contributed by atoms with Crippen LogP contribution in [0.5, 0.6) is 0 Å². The number of hydrogen-bond acceptors (Lipinski definition) is 2. The molecule has 1 N–H and O–H groups in total. The molecule has 0 saturated heterocycles. The minimum atomic E-state index is 0.00242. The molecule has 0 spiro atoms. The summed E-state index contributed by atoms with van der Waals surface area (Å²) in [7, 11) is 0. The third kappa shape index (κ3) is 7.29. The molecule has 8 aromatic carbocycles. The van der Waals surface area contributed by atoms with E-state index in [2.05, 4.69) is 218 Å². The lowest BCUT2D eigenvalue weighted by atomic mass is 9.93. The van der Waals surface area contributed by atoms with E-state index in [-0.39, 0.29) is 6.61 Å². The Labute approximate surface area is 318 Å². The molecule has 2 heteroatoms. The average Bonchev–Trinajstić information content (AvgIpc) is 3.24. The number of fused-ring (bicyclic) bond motifs is 1. The van der Waals surface area contributed by atoms with Gasteiger partial charge in [-0.3, -0.25) is 0 Å². The van der Waals surface area contributed by atoms with Gasteiger partial charge >= 0.3 is 0 Å². The highest BCUT2D eigenvalue weighted by atomic mass is 16.3. The van der Waals surface area contributed by atoms with E-state index in [1.54, 1.807) is 0 Å². The van der Waals surface area contributed by atoms with Gasteiger partial charge < -0.3 is 10.0 Å². The van der Waals surface area contributed by atoms with Crippen LogP contribution in [0.15, 0.2) is 200 Å². The van der Waals surface area contributed by atoms with Crippen LogP contribution in [0, 0.1) is 6.92 Å². The highest BCUT2D eigenvalue weighted by molar-refractivity contribution is 6.06. The Kier molecular flexibility index (Phi) is 10.1. The number of hydrogen-bond donors (Lipinski definition) is 1. The molecule has 0 atom stereocenters. The standard InChI is InChI=1S/C52H41NO/c1-38-34-40(37-54)28-32-51(38)53(46-30-26-39(27-31-46)35-49(41-16-6-2-7-17-41)42-18-8-3-9-19-42)52-33-29-45(47-24-14-15-25-48(47)52)36-50(43-20-10-4-11-21-43)44-22-12-5-13-23-44/h2-36,54H,37H2,1H3. The fourth-order valence-corrected chi connectivity index (χ4v) is 7.28. The lowest BCUT2D eigenvalue weighted by Crippen LogP contribution is -2.12. The summed E-state index contributed by atoms with van der Waals surface area (Å²) in [6, 6.07) is 70.6. The van der Waals surface area contributed by atoms with Crippen LogP contribution < -0.4 is 4.90 Å². The second-order valence-electron chi connectivity index (χ2n) is 13.5. The number of benzene rings is 8. The first-order valence-electron chi connectivity index (χ1n) is 18.4. The van der Waals surface area contributed by atoms with Crippen LogP contribution in [0.2, 0.25) is 0 Å². The molecule has 0 aliphatic heterocycles. The molecule has 0 bridgehead atoms. The lowest BCUT2D eigenvalue weighted by molar-refractivity contribution is 0.282. The molecule has 8 aromatic rings. The lowest BCUT2D eigenvalue weighted by Gasteiger charge is -2.29. The van der Waals surface area contributed by atoms with Crippen molar-refractivity contribution in [3.8, 4) is 0 Å². The predicted octanol–water partition coefficient (Wildman–Crippen LogP) is 13.3. The van der Waals surface area contributed by atoms with Crippen molar-refractivity contribution in [2.75, 3.05) is 4.90 Å². The van der Waals surface area contributed by atoms with Gasteiger partial charge in [0.15, 0.2) is 0 Å². The predicted molar refractivity (Wildman–Crippen MR) is 229 cm³/mol. The third-order valence-electron chi connectivity index (χ3n) is 9.96. The number of nitrogens with zero attached hydrogens (tertiary/aromatic N) is 1. The average molecular weight is 696 g/mol. The number of anilines is 3. The van der Waals surface area contributed by atoms with Gasteiger partial charge in [0.2, 0.25) is 0 Å². The summed E-state index contributed by atoms with van der Waals surface area (Å²) < 4.78 is 0. The molecular weight excluding hydrogens is 655 g/mol. The maximum Gasteiger partial charge on any atom is 0.0681 e. The largest absolute Gasteiger partial charge is 0.392 e. The zero-order valence-electron chi connectivity index (χ0n) is 30.3. The van der Waals surface area contributed by atoms with Crippen LogP contribution in [-0.2, 0) is 6.61 Å². The molecule has 54 heavy (non-hydrogen) atoms. The number of rotatable bonds is 10. The van der Waals surface area contributed by atoms with Crippen molar-refractivity contribution in [3.05, 3.63) is 245 Å². The van der Waals surface area contributed by atoms with Crippen LogP contribution >= 0.6 is 0 Å². The number of aliphatic hydroxyl groups is 1. The van der Waals surface area contributed by atoms with Gasteiger partial charge in [0.25, 0.3) is 0 Å². The van der Waals surface area contributed by atoms with Crippen LogP contribution in [0.25, 0.3) is 34.1 Å². The van der Waals surface area contributed by atoms with Crippen LogP contribution in [-0.4, -0.2) is 5.11 Å². The first-order valence-corrected chi connectivity index (χ1v) is 18.4. The van der Waals surface area contributed by atoms with Gasteiger partial charge in [-0.2, -0.15) is 0 Å². The van der Waals surface area contributed by atoms with E-state index in [0.717, 1.165) is 44.7 Å². The second kappa shape index (κ2) is 15.9. The van der Waals surface area contributed by atoms with Crippen LogP contribution in [0.3, 0.4) is 0 Å². The first kappa shape index (κ1) is 34.4. The van der Waals surface area contributed by atoms with E-state index in [0.29, 0.717) is 0 Å². The van der Waals surface area contributed by atoms with E-state index in [1.807, 2.05) is 6.07 Å². The van der Waals surface area contributed by atoms with Crippen molar-refractivity contribution < 1.29 is 5.11 Å². The Balaban J connectivity index is 1.27. The summed E-state index contributed by atoms with van der Waals surface area (Å²) in [4.78, 5) is 2.35. The fourth-order valence-electron chi connectivity index (χ4n) is 7.28. The molecular formula is C52H41NO. The molecule has 0 aliphatic rings. The second-order valence-corrected chi connectivity index (χ2v) is 13.5. The molecule has 0 radical (unpaired) electrons. The Morgan fingerprint density at radius 1 is 0.463 bits per heavy atom. The number of aliphatic hydroxyl groups excluding tert-OH is 1. The quantitative estimate of drug-likeness (QED) is 0.144. The van der Waals surface area contributed by atoms with Gasteiger partial charge in [0.05, 0.1) is 12.3 Å². The Morgan fingerprint density at radius 2 is 0.926 bits per heavy atom. The Hall–Kier alpha value is -6.74. The molecule has 0 aromatic heterocycles. The monoisotopic (exact) mass is 695 g/mol. The van der Waals surface area contributed by atoms with Gasteiger partial charge in [-0.25, -0.2) is 0 Å². The van der Waals surface area contributed by atoms with E-state index in [1.165, 1.54) is 38.8 Å². The normalized spacial score (nSPS) is 10.9. The topological polar surface area (TPSA) is 23.5 Å². The highest BCUT2D eigenvalue weighted by Crippen LogP contribution is 2.42. The van der Waals surface area contributed by atoms with E-state index >= 15 is 0 Å². The van der Waals surface area contributed by atoms with Gasteiger partial charge in [-0.05, 0) is 104 Å². The maximum atomic E-state index is 9.98. The number of aryl methyl sites for hydroxylation is 1. The smallest absolute Gasteiger partial charge is 0.0681 e. The van der Waals surface area contributed by atoms with Gasteiger partial charge in [0, 0.05) is 16.8 Å². The summed E-state index contributed by atoms with van der Waals surface area (Å²) in [5.74, 6) is 0. The van der Waals surface area contributed by atoms with Crippen molar-refractivity contribution in [2.24, 2.45) is 0 Å². The minimum absolute atomic E-state index is 0.00242. The van der Waals surface area contributed by atoms with Gasteiger partial charge in [-0.1, -0.05) is 176 Å². The third-order valence-corrected chi connectivity index (χ3v) is 9.96. The molecule has 0 saturated carbocycles. The first-order chi connectivity index (χ1) is 26.7. The van der Waals surface area contributed by atoms with Crippen molar-refractivity contribution in [2.45, 2.75) is 13.5 Å². The van der Waals surface area contributed by atoms with Crippen molar-refractivity contribution >= 4 is 51.1 Å². The molecule has 0 fully saturated rings. The fraction of sp³-hybridized carbons (Fsp3) is 0.0385. The van der Waals surface area contributed by atoms with Crippen molar-refractivity contribution in [3.63, 3.8) is 0 Å². The summed E-state index contributed by atoms with van der Waals surface area (Å²) in [6.45, 7) is 2.12. The summed E-state index contributed by atoms with van der Waals surface area (Å²) in [5, 5.41) is 12.3. The van der Waals surface area contributed by atoms with E-state index < -0.39 is 0 Å². The maximum absolute atomic E-state index is 9.98. The van der Waals surface area contributed by atoms with Gasteiger partial charge in [-0.15, -0.1) is 0 Å². The van der Waals surface area contributed by atoms with E-state index in [9.17, 15) is 5.11 Å². The van der Waals surface area contributed by atoms with Gasteiger partial charge in [0.1, 0.15) is 0 Å². The summed E-state index contributed by atoms with van der Waals surface area (Å²) in [6.07, 6.45) is 4.59. The van der Waals surface area contributed by atoms with Crippen LogP contribution in [0.4, 0.5) is 17.1 Å². The molecule has 0 heterocycles. The molecule has 2 nitrogen and oxygen atoms in total. The molecule has 8 rings (SSSR count). The minimum Gasteiger partial charge on any atom is -0.392 e. The molecule has 0 aliphatic carbocycles.